The first-order valence-electron chi connectivity index (χ1n) is 9.25. The van der Waals surface area contributed by atoms with Crippen LogP contribution in [0, 0.1) is 0 Å². The minimum Gasteiger partial charge on any atom is -0.497 e. The third-order valence-corrected chi connectivity index (χ3v) is 5.06. The van der Waals surface area contributed by atoms with Crippen molar-refractivity contribution in [3.8, 4) is 5.75 Å². The van der Waals surface area contributed by atoms with Crippen LogP contribution in [-0.4, -0.2) is 55.3 Å². The number of ether oxygens (including phenoxy) is 1. The van der Waals surface area contributed by atoms with Gasteiger partial charge in [-0.1, -0.05) is 6.07 Å². The molecule has 0 N–H and O–H groups in total. The van der Waals surface area contributed by atoms with Gasteiger partial charge in [0.05, 0.1) is 24.4 Å². The first-order valence-corrected chi connectivity index (χ1v) is 9.25. The Labute approximate surface area is 167 Å². The molecule has 0 bridgehead atoms. The van der Waals surface area contributed by atoms with Crippen LogP contribution in [0.25, 0.3) is 0 Å². The van der Waals surface area contributed by atoms with E-state index in [2.05, 4.69) is 10.2 Å². The molecule has 1 fully saturated rings. The fraction of sp³-hybridized carbons (Fsp3) is 0.450. The molecular weight excluding hydrogens is 385 g/mol. The maximum Gasteiger partial charge on any atom is 0.416 e. The summed E-state index contributed by atoms with van der Waals surface area (Å²) in [5.41, 5.74) is -0.149. The average Bonchev–Trinajstić information content (AvgIpc) is 2.72. The molecular formula is C20H23F3N4O2. The van der Waals surface area contributed by atoms with E-state index in [1.807, 2.05) is 0 Å². The van der Waals surface area contributed by atoms with Crippen molar-refractivity contribution in [2.75, 3.05) is 39.2 Å². The van der Waals surface area contributed by atoms with Gasteiger partial charge in [0.1, 0.15) is 5.75 Å². The maximum atomic E-state index is 13.6. The Balaban J connectivity index is 1.86. The lowest BCUT2D eigenvalue weighted by Crippen LogP contribution is -2.39. The molecule has 1 unspecified atom stereocenters. The van der Waals surface area contributed by atoms with E-state index in [0.29, 0.717) is 30.8 Å². The Bertz CT molecular complexity index is 886. The number of halogens is 3. The van der Waals surface area contributed by atoms with E-state index in [-0.39, 0.29) is 23.8 Å². The standard InChI is InChI=1S/C20H23F3N4O2/c1-26(2)18-9-14(11-24-25-18)19(28)27-8-4-5-13(12-27)16-7-6-15(29-3)10-17(16)20(21,22)23/h6-7,9-11,13H,4-5,8,12H2,1-3H3. The predicted octanol–water partition coefficient (Wildman–Crippen LogP) is 3.59. The maximum absolute atomic E-state index is 13.6. The van der Waals surface area contributed by atoms with Crippen LogP contribution in [0.3, 0.4) is 0 Å². The molecule has 156 valence electrons. The van der Waals surface area contributed by atoms with Crippen molar-refractivity contribution >= 4 is 11.7 Å². The second-order valence-electron chi connectivity index (χ2n) is 7.24. The Hall–Kier alpha value is -2.84. The molecule has 0 aliphatic carbocycles. The minimum atomic E-state index is -4.49. The molecule has 1 aromatic carbocycles. The minimum absolute atomic E-state index is 0.156. The van der Waals surface area contributed by atoms with E-state index in [4.69, 9.17) is 4.74 Å². The zero-order chi connectivity index (χ0) is 21.2. The van der Waals surface area contributed by atoms with Gasteiger partial charge in [-0.3, -0.25) is 4.79 Å². The van der Waals surface area contributed by atoms with Crippen LogP contribution in [0.2, 0.25) is 0 Å². The summed E-state index contributed by atoms with van der Waals surface area (Å²) in [5.74, 6) is 0.0379. The van der Waals surface area contributed by atoms with Crippen LogP contribution < -0.4 is 9.64 Å². The van der Waals surface area contributed by atoms with Crippen LogP contribution in [0.5, 0.6) is 5.75 Å². The van der Waals surface area contributed by atoms with E-state index >= 15 is 0 Å². The second kappa shape index (κ2) is 8.26. The van der Waals surface area contributed by atoms with E-state index in [1.165, 1.54) is 25.4 Å². The number of rotatable bonds is 4. The monoisotopic (exact) mass is 408 g/mol. The highest BCUT2D eigenvalue weighted by Gasteiger charge is 2.37. The Kier molecular flexibility index (Phi) is 5.95. The number of amides is 1. The van der Waals surface area contributed by atoms with Crippen molar-refractivity contribution in [3.63, 3.8) is 0 Å². The topological polar surface area (TPSA) is 58.6 Å². The van der Waals surface area contributed by atoms with E-state index in [0.717, 1.165) is 6.07 Å². The Morgan fingerprint density at radius 1 is 1.28 bits per heavy atom. The van der Waals surface area contributed by atoms with E-state index in [1.54, 1.807) is 30.0 Å². The van der Waals surface area contributed by atoms with Crippen LogP contribution in [0.15, 0.2) is 30.5 Å². The van der Waals surface area contributed by atoms with E-state index < -0.39 is 17.7 Å². The molecule has 0 saturated carbocycles. The van der Waals surface area contributed by atoms with Gasteiger partial charge < -0.3 is 14.5 Å². The summed E-state index contributed by atoms with van der Waals surface area (Å²) in [7, 11) is 4.91. The number of carbonyl (C=O) groups is 1. The van der Waals surface area contributed by atoms with Gasteiger partial charge in [0, 0.05) is 33.1 Å². The number of alkyl halides is 3. The molecule has 2 aromatic rings. The number of hydrogen-bond acceptors (Lipinski definition) is 5. The largest absolute Gasteiger partial charge is 0.497 e. The molecule has 1 aromatic heterocycles. The first kappa shape index (κ1) is 20.9. The van der Waals surface area contributed by atoms with Gasteiger partial charge in [0.2, 0.25) is 0 Å². The van der Waals surface area contributed by atoms with Crippen LogP contribution >= 0.6 is 0 Å². The van der Waals surface area contributed by atoms with Crippen molar-refractivity contribution in [1.29, 1.82) is 0 Å². The first-order chi connectivity index (χ1) is 13.7. The zero-order valence-corrected chi connectivity index (χ0v) is 16.5. The number of nitrogens with zero attached hydrogens (tertiary/aromatic N) is 4. The Morgan fingerprint density at radius 3 is 2.69 bits per heavy atom. The van der Waals surface area contributed by atoms with Crippen molar-refractivity contribution < 1.29 is 22.7 Å². The van der Waals surface area contributed by atoms with Crippen molar-refractivity contribution in [3.05, 3.63) is 47.2 Å². The quantitative estimate of drug-likeness (QED) is 0.774. The summed E-state index contributed by atoms with van der Waals surface area (Å²) >= 11 is 0. The van der Waals surface area contributed by atoms with Crippen LogP contribution in [-0.2, 0) is 6.18 Å². The number of piperidine rings is 1. The number of benzene rings is 1. The highest BCUT2D eigenvalue weighted by atomic mass is 19.4. The molecule has 2 heterocycles. The molecule has 0 radical (unpaired) electrons. The Morgan fingerprint density at radius 2 is 2.03 bits per heavy atom. The highest BCUT2D eigenvalue weighted by molar-refractivity contribution is 5.94. The molecule has 1 aliphatic rings. The summed E-state index contributed by atoms with van der Waals surface area (Å²) in [6, 6.07) is 5.64. The molecule has 0 spiro atoms. The smallest absolute Gasteiger partial charge is 0.416 e. The summed E-state index contributed by atoms with van der Waals surface area (Å²) in [6.45, 7) is 0.709. The predicted molar refractivity (Wildman–Crippen MR) is 102 cm³/mol. The van der Waals surface area contributed by atoms with Gasteiger partial charge in [-0.05, 0) is 36.6 Å². The molecule has 1 atom stereocenters. The number of hydrogen-bond donors (Lipinski definition) is 0. The van der Waals surface area contributed by atoms with Crippen molar-refractivity contribution in [2.45, 2.75) is 24.9 Å². The molecule has 29 heavy (non-hydrogen) atoms. The van der Waals surface area contributed by atoms with Gasteiger partial charge in [-0.2, -0.15) is 18.3 Å². The van der Waals surface area contributed by atoms with E-state index in [9.17, 15) is 18.0 Å². The summed E-state index contributed by atoms with van der Waals surface area (Å²) < 4.78 is 45.8. The summed E-state index contributed by atoms with van der Waals surface area (Å²) in [5, 5.41) is 7.81. The molecule has 9 heteroatoms. The zero-order valence-electron chi connectivity index (χ0n) is 16.5. The van der Waals surface area contributed by atoms with Crippen LogP contribution in [0.4, 0.5) is 19.0 Å². The normalized spacial score (nSPS) is 17.2. The van der Waals surface area contributed by atoms with Gasteiger partial charge >= 0.3 is 6.18 Å². The lowest BCUT2D eigenvalue weighted by atomic mass is 9.87. The van der Waals surface area contributed by atoms with Gasteiger partial charge in [-0.25, -0.2) is 0 Å². The number of carbonyl (C=O) groups excluding carboxylic acids is 1. The van der Waals surface area contributed by atoms with Gasteiger partial charge in [0.15, 0.2) is 5.82 Å². The molecule has 3 rings (SSSR count). The highest BCUT2D eigenvalue weighted by Crippen LogP contribution is 2.40. The average molecular weight is 408 g/mol. The fourth-order valence-corrected chi connectivity index (χ4v) is 3.55. The lowest BCUT2D eigenvalue weighted by molar-refractivity contribution is -0.138. The second-order valence-corrected chi connectivity index (χ2v) is 7.24. The molecule has 1 saturated heterocycles. The van der Waals surface area contributed by atoms with Gasteiger partial charge in [-0.15, -0.1) is 5.10 Å². The number of aromatic nitrogens is 2. The molecule has 1 amide bonds. The summed E-state index contributed by atoms with van der Waals surface area (Å²) in [4.78, 5) is 16.3. The molecule has 6 nitrogen and oxygen atoms in total. The molecule has 1 aliphatic heterocycles. The number of likely N-dealkylation sites (tertiary alicyclic amines) is 1. The van der Waals surface area contributed by atoms with Crippen molar-refractivity contribution in [2.24, 2.45) is 0 Å². The third-order valence-electron chi connectivity index (χ3n) is 5.06. The fourth-order valence-electron chi connectivity index (χ4n) is 3.55. The number of methoxy groups -OCH3 is 1. The lowest BCUT2D eigenvalue weighted by Gasteiger charge is -2.34. The SMILES string of the molecule is COc1ccc(C2CCCN(C(=O)c3cnnc(N(C)C)c3)C2)c(C(F)(F)F)c1. The van der Waals surface area contributed by atoms with Gasteiger partial charge in [0.25, 0.3) is 5.91 Å². The summed E-state index contributed by atoms with van der Waals surface area (Å²) in [6.07, 6.45) is -1.91. The number of anilines is 1. The van der Waals surface area contributed by atoms with Crippen molar-refractivity contribution in [1.82, 2.24) is 15.1 Å². The third kappa shape index (κ3) is 4.60. The van der Waals surface area contributed by atoms with Crippen LogP contribution in [0.1, 0.15) is 40.2 Å².